The fourth-order valence-corrected chi connectivity index (χ4v) is 3.19. The van der Waals surface area contributed by atoms with E-state index in [-0.39, 0.29) is 0 Å². The molecule has 0 aliphatic rings. The van der Waals surface area contributed by atoms with Crippen molar-refractivity contribution in [1.29, 1.82) is 0 Å². The minimum absolute atomic E-state index is 0.376. The van der Waals surface area contributed by atoms with Gasteiger partial charge >= 0.3 is 0 Å². The lowest BCUT2D eigenvalue weighted by Crippen LogP contribution is -2.24. The third-order valence-corrected chi connectivity index (χ3v) is 4.63. The Kier molecular flexibility index (Phi) is 6.36. The molecule has 0 saturated carbocycles. The van der Waals surface area contributed by atoms with E-state index in [1.165, 1.54) is 60.3 Å². The van der Waals surface area contributed by atoms with Crippen molar-refractivity contribution in [3.05, 3.63) is 83.6 Å². The van der Waals surface area contributed by atoms with E-state index in [0.717, 1.165) is 0 Å². The normalized spacial score (nSPS) is 10.6. The minimum atomic E-state index is -0.818. The van der Waals surface area contributed by atoms with Crippen LogP contribution in [0.2, 0.25) is 0 Å². The summed E-state index contributed by atoms with van der Waals surface area (Å²) in [6.45, 7) is 0. The van der Waals surface area contributed by atoms with Crippen LogP contribution in [0.3, 0.4) is 0 Å². The van der Waals surface area contributed by atoms with Crippen molar-refractivity contribution in [2.45, 2.75) is 6.04 Å². The quantitative estimate of drug-likeness (QED) is 0.575. The number of amides is 2. The van der Waals surface area contributed by atoms with Crippen LogP contribution in [0.5, 0.6) is 0 Å². The van der Waals surface area contributed by atoms with Gasteiger partial charge in [-0.2, -0.15) is 0 Å². The number of hydrogen-bond donors (Lipinski definition) is 1. The highest BCUT2D eigenvalue weighted by Gasteiger charge is 2.25. The van der Waals surface area contributed by atoms with E-state index in [2.05, 4.69) is 10.3 Å². The van der Waals surface area contributed by atoms with Gasteiger partial charge in [0.05, 0.1) is 6.04 Å². The zero-order valence-electron chi connectivity index (χ0n) is 16.4. The maximum Gasteiger partial charge on any atom is 0.213 e. The fraction of sp³-hybridized carbons (Fsp3) is 0.136. The number of aromatic nitrogens is 1. The van der Waals surface area contributed by atoms with E-state index in [0.29, 0.717) is 41.1 Å². The summed E-state index contributed by atoms with van der Waals surface area (Å²) in [4.78, 5) is 29.7. The van der Waals surface area contributed by atoms with Crippen molar-refractivity contribution < 1.29 is 18.4 Å². The first-order valence-corrected chi connectivity index (χ1v) is 9.07. The first-order chi connectivity index (χ1) is 14.4. The third-order valence-electron chi connectivity index (χ3n) is 4.63. The van der Waals surface area contributed by atoms with E-state index in [1.807, 2.05) is 0 Å². The zero-order chi connectivity index (χ0) is 21.7. The van der Waals surface area contributed by atoms with Crippen LogP contribution in [-0.2, 0) is 9.59 Å². The number of pyridine rings is 1. The number of nitrogens with zero attached hydrogens (tertiary/aromatic N) is 3. The molecule has 1 heterocycles. The van der Waals surface area contributed by atoms with Crippen molar-refractivity contribution in [2.24, 2.45) is 0 Å². The largest absolute Gasteiger partial charge is 0.359 e. The van der Waals surface area contributed by atoms with Crippen LogP contribution in [0.4, 0.5) is 26.0 Å². The molecule has 30 heavy (non-hydrogen) atoms. The Morgan fingerprint density at radius 1 is 0.867 bits per heavy atom. The van der Waals surface area contributed by atoms with E-state index >= 15 is 0 Å². The van der Waals surface area contributed by atoms with Gasteiger partial charge in [-0.25, -0.2) is 13.8 Å². The third kappa shape index (κ3) is 4.43. The lowest BCUT2D eigenvalue weighted by molar-refractivity contribution is -0.107. The highest BCUT2D eigenvalue weighted by atomic mass is 19.1. The molecule has 0 saturated heterocycles. The Morgan fingerprint density at radius 3 is 1.83 bits per heavy atom. The Morgan fingerprint density at radius 2 is 1.40 bits per heavy atom. The molecule has 2 aromatic carbocycles. The molecule has 2 amide bonds. The Hall–Kier alpha value is -3.81. The first kappa shape index (κ1) is 20.9. The van der Waals surface area contributed by atoms with Crippen molar-refractivity contribution in [3.8, 4) is 0 Å². The Bertz CT molecular complexity index is 983. The van der Waals surface area contributed by atoms with Gasteiger partial charge in [-0.1, -0.05) is 6.07 Å². The summed E-state index contributed by atoms with van der Waals surface area (Å²) in [7, 11) is 3.07. The second-order valence-corrected chi connectivity index (χ2v) is 6.63. The fourth-order valence-electron chi connectivity index (χ4n) is 3.19. The number of anilines is 3. The Labute approximate surface area is 172 Å². The molecule has 0 spiro atoms. The van der Waals surface area contributed by atoms with Crippen molar-refractivity contribution in [3.63, 3.8) is 0 Å². The molecule has 0 atom stereocenters. The zero-order valence-corrected chi connectivity index (χ0v) is 16.4. The smallest absolute Gasteiger partial charge is 0.213 e. The van der Waals surface area contributed by atoms with Crippen LogP contribution < -0.4 is 15.1 Å². The molecular weight excluding hydrogens is 390 g/mol. The Balaban J connectivity index is 2.26. The van der Waals surface area contributed by atoms with Crippen molar-refractivity contribution in [1.82, 2.24) is 4.98 Å². The van der Waals surface area contributed by atoms with Gasteiger partial charge in [-0.05, 0) is 48.5 Å². The van der Waals surface area contributed by atoms with E-state index in [4.69, 9.17) is 0 Å². The highest BCUT2D eigenvalue weighted by molar-refractivity contribution is 5.80. The lowest BCUT2D eigenvalue weighted by Gasteiger charge is -2.28. The van der Waals surface area contributed by atoms with Gasteiger partial charge in [0.2, 0.25) is 12.8 Å². The monoisotopic (exact) mass is 410 g/mol. The van der Waals surface area contributed by atoms with Gasteiger partial charge in [0.25, 0.3) is 0 Å². The summed E-state index contributed by atoms with van der Waals surface area (Å²) < 4.78 is 28.5. The molecular formula is C22H20F2N4O2. The molecule has 0 aliphatic carbocycles. The summed E-state index contributed by atoms with van der Waals surface area (Å²) in [5.41, 5.74) is 1.59. The maximum absolute atomic E-state index is 14.2. The molecule has 0 radical (unpaired) electrons. The molecule has 1 N–H and O–H groups in total. The van der Waals surface area contributed by atoms with Crippen LogP contribution in [-0.4, -0.2) is 31.9 Å². The van der Waals surface area contributed by atoms with Crippen LogP contribution >= 0.6 is 0 Å². The maximum atomic E-state index is 14.2. The average molecular weight is 410 g/mol. The predicted molar refractivity (Wildman–Crippen MR) is 111 cm³/mol. The van der Waals surface area contributed by atoms with Crippen LogP contribution in [0, 0.1) is 11.6 Å². The van der Waals surface area contributed by atoms with E-state index in [9.17, 15) is 18.4 Å². The van der Waals surface area contributed by atoms with Crippen molar-refractivity contribution in [2.75, 3.05) is 29.2 Å². The van der Waals surface area contributed by atoms with Gasteiger partial charge in [-0.3, -0.25) is 9.59 Å². The minimum Gasteiger partial charge on any atom is -0.359 e. The molecule has 0 bridgehead atoms. The van der Waals surface area contributed by atoms with Gasteiger partial charge in [0, 0.05) is 42.8 Å². The number of nitrogens with one attached hydrogen (secondary N) is 1. The molecule has 1 aromatic heterocycles. The second-order valence-electron chi connectivity index (χ2n) is 6.63. The van der Waals surface area contributed by atoms with Crippen LogP contribution in [0.1, 0.15) is 17.2 Å². The predicted octanol–water partition coefficient (Wildman–Crippen LogP) is 3.75. The van der Waals surface area contributed by atoms with E-state index < -0.39 is 17.7 Å². The molecule has 6 nitrogen and oxygen atoms in total. The number of carbonyl (C=O) groups excluding carboxylic acids is 2. The van der Waals surface area contributed by atoms with Gasteiger partial charge in [-0.15, -0.1) is 0 Å². The summed E-state index contributed by atoms with van der Waals surface area (Å²) >= 11 is 0. The molecule has 3 aromatic rings. The van der Waals surface area contributed by atoms with Crippen LogP contribution in [0.25, 0.3) is 0 Å². The number of benzene rings is 2. The standard InChI is InChI=1S/C22H20F2N4O2/c1-27(13-29)19-8-6-15(23)11-17(19)22(26-21-5-3-4-10-25-21)18-12-16(24)7-9-20(18)28(2)14-30/h3-14,22H,1-2H3,(H,25,26). The summed E-state index contributed by atoms with van der Waals surface area (Å²) in [5, 5.41) is 3.18. The lowest BCUT2D eigenvalue weighted by atomic mass is 9.94. The molecule has 8 heteroatoms. The molecule has 0 unspecified atom stereocenters. The number of rotatable bonds is 8. The summed E-state index contributed by atoms with van der Waals surface area (Å²) in [6.07, 6.45) is 2.77. The number of halogens is 2. The molecule has 154 valence electrons. The number of carbonyl (C=O) groups is 2. The summed E-state index contributed by atoms with van der Waals surface area (Å²) in [5.74, 6) is -0.597. The SMILES string of the molecule is CN(C=O)c1ccc(F)cc1C(Nc1ccccn1)c1cc(F)ccc1N(C)C=O. The molecule has 3 rings (SSSR count). The number of hydrogen-bond acceptors (Lipinski definition) is 4. The average Bonchev–Trinajstić information content (AvgIpc) is 2.77. The summed E-state index contributed by atoms with van der Waals surface area (Å²) in [6, 6.07) is 12.3. The molecule has 0 fully saturated rings. The first-order valence-electron chi connectivity index (χ1n) is 9.07. The van der Waals surface area contributed by atoms with E-state index in [1.54, 1.807) is 24.4 Å². The van der Waals surface area contributed by atoms with Crippen molar-refractivity contribution >= 4 is 30.0 Å². The molecule has 0 aliphatic heterocycles. The van der Waals surface area contributed by atoms with Crippen LogP contribution in [0.15, 0.2) is 60.8 Å². The van der Waals surface area contributed by atoms with Gasteiger partial charge < -0.3 is 15.1 Å². The van der Waals surface area contributed by atoms with Gasteiger partial charge in [0.15, 0.2) is 0 Å². The highest BCUT2D eigenvalue weighted by Crippen LogP contribution is 2.37. The topological polar surface area (TPSA) is 65.5 Å². The second kappa shape index (κ2) is 9.13. The van der Waals surface area contributed by atoms with Gasteiger partial charge in [0.1, 0.15) is 17.5 Å².